The minimum Gasteiger partial charge on any atom is -0.455 e. The lowest BCUT2D eigenvalue weighted by Gasteiger charge is -2.18. The average molecular weight is 477 g/mol. The number of ether oxygens (including phenoxy) is 1. The molecule has 8 nitrogen and oxygen atoms in total. The number of aryl methyl sites for hydroxylation is 1. The third kappa shape index (κ3) is 4.26. The van der Waals surface area contributed by atoms with Gasteiger partial charge in [-0.15, -0.1) is 0 Å². The smallest absolute Gasteiger partial charge is 0.222 e. The minimum atomic E-state index is -3.40. The molecule has 5 rings (SSSR count). The van der Waals surface area contributed by atoms with E-state index in [1.807, 2.05) is 42.2 Å². The predicted molar refractivity (Wildman–Crippen MR) is 128 cm³/mol. The summed E-state index contributed by atoms with van der Waals surface area (Å²) in [6, 6.07) is 12.7. The Morgan fingerprint density at radius 2 is 2.00 bits per heavy atom. The van der Waals surface area contributed by atoms with E-state index >= 15 is 0 Å². The highest BCUT2D eigenvalue weighted by Gasteiger charge is 2.23. The van der Waals surface area contributed by atoms with Crippen molar-refractivity contribution in [2.45, 2.75) is 31.3 Å². The van der Waals surface area contributed by atoms with Crippen LogP contribution in [0.15, 0.2) is 59.9 Å². The molecule has 4 aromatic rings. The van der Waals surface area contributed by atoms with Gasteiger partial charge in [-0.25, -0.2) is 13.4 Å². The number of nitrogens with one attached hydrogen (secondary N) is 1. The van der Waals surface area contributed by atoms with Gasteiger partial charge in [0, 0.05) is 48.4 Å². The van der Waals surface area contributed by atoms with E-state index in [4.69, 9.17) is 4.74 Å². The highest BCUT2D eigenvalue weighted by molar-refractivity contribution is 7.90. The summed E-state index contributed by atoms with van der Waals surface area (Å²) in [5.74, 6) is 1.14. The average Bonchev–Trinajstić information content (AvgIpc) is 3.37. The molecule has 1 aliphatic heterocycles. The Hall–Kier alpha value is -3.72. The maximum atomic E-state index is 12.3. The van der Waals surface area contributed by atoms with Crippen molar-refractivity contribution in [2.24, 2.45) is 0 Å². The number of aromatic amines is 1. The van der Waals surface area contributed by atoms with Crippen molar-refractivity contribution in [3.8, 4) is 22.9 Å². The number of likely N-dealkylation sites (tertiary alicyclic amines) is 1. The Morgan fingerprint density at radius 1 is 1.15 bits per heavy atom. The van der Waals surface area contributed by atoms with Crippen molar-refractivity contribution in [1.29, 1.82) is 0 Å². The van der Waals surface area contributed by atoms with Crippen LogP contribution in [0.5, 0.6) is 11.5 Å². The summed E-state index contributed by atoms with van der Waals surface area (Å²) in [5, 5.41) is 0.965. The zero-order valence-electron chi connectivity index (χ0n) is 18.9. The van der Waals surface area contributed by atoms with E-state index in [9.17, 15) is 13.2 Å². The number of H-pyrrole nitrogens is 1. The Labute approximate surface area is 197 Å². The molecule has 1 aromatic carbocycles. The van der Waals surface area contributed by atoms with Crippen LogP contribution in [0, 0.1) is 6.92 Å². The molecule has 34 heavy (non-hydrogen) atoms. The number of pyridine rings is 2. The quantitative estimate of drug-likeness (QED) is 0.446. The summed E-state index contributed by atoms with van der Waals surface area (Å²) in [5.41, 5.74) is 4.58. The molecule has 0 aliphatic carbocycles. The molecule has 4 heterocycles. The third-order valence-electron chi connectivity index (χ3n) is 6.01. The van der Waals surface area contributed by atoms with E-state index in [2.05, 4.69) is 15.0 Å². The van der Waals surface area contributed by atoms with Gasteiger partial charge in [0.15, 0.2) is 14.9 Å². The Bertz CT molecular complexity index is 1480. The molecule has 0 saturated carbocycles. The molecule has 0 unspecified atom stereocenters. The van der Waals surface area contributed by atoms with Gasteiger partial charge in [-0.2, -0.15) is 0 Å². The van der Waals surface area contributed by atoms with Gasteiger partial charge < -0.3 is 14.6 Å². The predicted octanol–water partition coefficient (Wildman–Crippen LogP) is 4.25. The van der Waals surface area contributed by atoms with E-state index < -0.39 is 9.84 Å². The summed E-state index contributed by atoms with van der Waals surface area (Å²) in [6.07, 6.45) is 5.67. The number of hydrogen-bond acceptors (Lipinski definition) is 6. The fraction of sp³-hybridized carbons (Fsp3) is 0.240. The van der Waals surface area contributed by atoms with Crippen LogP contribution in [-0.4, -0.2) is 47.0 Å². The van der Waals surface area contributed by atoms with Crippen LogP contribution in [0.4, 0.5) is 0 Å². The van der Waals surface area contributed by atoms with E-state index in [0.29, 0.717) is 31.0 Å². The number of hydrogen-bond donors (Lipinski definition) is 1. The monoisotopic (exact) mass is 476 g/mol. The highest BCUT2D eigenvalue weighted by atomic mass is 32.2. The van der Waals surface area contributed by atoms with Crippen LogP contribution in [0.1, 0.15) is 24.0 Å². The van der Waals surface area contributed by atoms with E-state index in [0.717, 1.165) is 46.1 Å². The topological polar surface area (TPSA) is 105 Å². The first kappa shape index (κ1) is 22.1. The normalized spacial score (nSPS) is 14.2. The molecule has 9 heteroatoms. The second-order valence-electron chi connectivity index (χ2n) is 8.47. The van der Waals surface area contributed by atoms with Crippen molar-refractivity contribution >= 4 is 26.6 Å². The second-order valence-corrected chi connectivity index (χ2v) is 10.4. The Morgan fingerprint density at radius 3 is 2.65 bits per heavy atom. The number of benzene rings is 1. The van der Waals surface area contributed by atoms with Crippen molar-refractivity contribution in [3.05, 3.63) is 66.0 Å². The number of fused-ring (bicyclic) bond motifs is 1. The van der Waals surface area contributed by atoms with Gasteiger partial charge in [-0.05, 0) is 55.3 Å². The molecule has 1 aliphatic rings. The minimum absolute atomic E-state index is 0.0142. The van der Waals surface area contributed by atoms with Crippen LogP contribution in [-0.2, 0) is 21.2 Å². The summed E-state index contributed by atoms with van der Waals surface area (Å²) < 4.78 is 29.6. The lowest BCUT2D eigenvalue weighted by Crippen LogP contribution is -2.24. The van der Waals surface area contributed by atoms with Crippen LogP contribution in [0.2, 0.25) is 0 Å². The molecule has 1 amide bonds. The summed E-state index contributed by atoms with van der Waals surface area (Å²) in [6.45, 7) is 3.17. The number of nitrogens with zero attached hydrogens (tertiary/aromatic N) is 3. The molecule has 3 aromatic heterocycles. The van der Waals surface area contributed by atoms with Gasteiger partial charge in [-0.3, -0.25) is 9.78 Å². The fourth-order valence-corrected chi connectivity index (χ4v) is 4.80. The molecule has 1 saturated heterocycles. The number of amides is 1. The van der Waals surface area contributed by atoms with Gasteiger partial charge in [0.2, 0.25) is 5.91 Å². The van der Waals surface area contributed by atoms with Crippen LogP contribution in [0.3, 0.4) is 0 Å². The van der Waals surface area contributed by atoms with Crippen molar-refractivity contribution in [1.82, 2.24) is 19.9 Å². The summed E-state index contributed by atoms with van der Waals surface area (Å²) >= 11 is 0. The number of aromatic nitrogens is 3. The number of rotatable bonds is 6. The van der Waals surface area contributed by atoms with Crippen LogP contribution in [0.25, 0.3) is 22.3 Å². The van der Waals surface area contributed by atoms with E-state index in [1.54, 1.807) is 12.3 Å². The molecule has 1 fully saturated rings. The zero-order chi connectivity index (χ0) is 23.9. The van der Waals surface area contributed by atoms with Crippen LogP contribution < -0.4 is 4.74 Å². The summed E-state index contributed by atoms with van der Waals surface area (Å²) in [4.78, 5) is 26.1. The van der Waals surface area contributed by atoms with Gasteiger partial charge >= 0.3 is 0 Å². The highest BCUT2D eigenvalue weighted by Crippen LogP contribution is 2.36. The zero-order valence-corrected chi connectivity index (χ0v) is 19.7. The van der Waals surface area contributed by atoms with Gasteiger partial charge in [-0.1, -0.05) is 6.07 Å². The first-order chi connectivity index (χ1) is 16.3. The third-order valence-corrected chi connectivity index (χ3v) is 7.01. The number of sulfone groups is 1. The van der Waals surface area contributed by atoms with Crippen molar-refractivity contribution in [2.75, 3.05) is 12.8 Å². The second kappa shape index (κ2) is 8.57. The Balaban J connectivity index is 1.58. The van der Waals surface area contributed by atoms with Gasteiger partial charge in [0.1, 0.15) is 11.5 Å². The standard InChI is InChI=1S/C25H24N4O4S/c1-16-19-13-22(33-18-8-9-23(27-14-18)34(2,31)32)17(15-29-11-5-7-24(29)30)12-21(19)28-25(16)20-6-3-4-10-26-20/h3-4,6,8-10,12-14,28H,5,7,11,15H2,1-2H3. The molecular formula is C25H24N4O4S. The molecule has 0 spiro atoms. The summed E-state index contributed by atoms with van der Waals surface area (Å²) in [7, 11) is -3.40. The van der Waals surface area contributed by atoms with Gasteiger partial charge in [0.25, 0.3) is 0 Å². The number of carbonyl (C=O) groups excluding carboxylic acids is 1. The van der Waals surface area contributed by atoms with Crippen molar-refractivity contribution in [3.63, 3.8) is 0 Å². The number of carbonyl (C=O) groups is 1. The SMILES string of the molecule is Cc1c(-c2ccccn2)[nH]c2cc(CN3CCCC3=O)c(Oc3ccc(S(C)(=O)=O)nc3)cc12. The first-order valence-electron chi connectivity index (χ1n) is 11.0. The van der Waals surface area contributed by atoms with E-state index in [-0.39, 0.29) is 10.9 Å². The Kier molecular flexibility index (Phi) is 5.57. The van der Waals surface area contributed by atoms with E-state index in [1.165, 1.54) is 12.3 Å². The van der Waals surface area contributed by atoms with Crippen LogP contribution >= 0.6 is 0 Å². The first-order valence-corrected chi connectivity index (χ1v) is 12.9. The lowest BCUT2D eigenvalue weighted by molar-refractivity contribution is -0.128. The largest absolute Gasteiger partial charge is 0.455 e. The molecule has 1 N–H and O–H groups in total. The lowest BCUT2D eigenvalue weighted by atomic mass is 10.1. The maximum absolute atomic E-state index is 12.3. The molecular weight excluding hydrogens is 452 g/mol. The maximum Gasteiger partial charge on any atom is 0.222 e. The van der Waals surface area contributed by atoms with Gasteiger partial charge in [0.05, 0.1) is 17.6 Å². The molecule has 174 valence electrons. The molecule has 0 atom stereocenters. The molecule has 0 bridgehead atoms. The fourth-order valence-electron chi connectivity index (χ4n) is 4.24. The molecule has 0 radical (unpaired) electrons. The van der Waals surface area contributed by atoms with Crippen molar-refractivity contribution < 1.29 is 17.9 Å².